The predicted molar refractivity (Wildman–Crippen MR) is 323 cm³/mol. The van der Waals surface area contributed by atoms with E-state index in [0.717, 1.165) is 4.90 Å². The lowest BCUT2D eigenvalue weighted by Crippen LogP contribution is -2.62. The van der Waals surface area contributed by atoms with Crippen molar-refractivity contribution in [3.63, 3.8) is 0 Å². The van der Waals surface area contributed by atoms with Crippen LogP contribution in [0.3, 0.4) is 0 Å². The molecule has 1 aromatic heterocycles. The minimum atomic E-state index is -1.84. The van der Waals surface area contributed by atoms with Gasteiger partial charge in [0.2, 0.25) is 65.0 Å². The van der Waals surface area contributed by atoms with Crippen LogP contribution in [0.25, 0.3) is 0 Å². The molecule has 504 valence electrons. The van der Waals surface area contributed by atoms with E-state index in [1.165, 1.54) is 36.8 Å². The number of imidazole rings is 1. The summed E-state index contributed by atoms with van der Waals surface area (Å²) in [5, 5.41) is 81.7. The van der Waals surface area contributed by atoms with Crippen LogP contribution in [0, 0.1) is 11.8 Å². The van der Waals surface area contributed by atoms with Crippen molar-refractivity contribution in [3.8, 4) is 5.75 Å². The number of aliphatic hydroxyl groups is 3. The Labute approximate surface area is 528 Å². The monoisotopic (exact) mass is 1290 g/mol. The highest BCUT2D eigenvalue weighted by Gasteiger charge is 2.41. The van der Waals surface area contributed by atoms with E-state index in [4.69, 9.17) is 11.5 Å². The van der Waals surface area contributed by atoms with Crippen LogP contribution in [0.2, 0.25) is 0 Å². The second-order valence-electron chi connectivity index (χ2n) is 22.9. The fourth-order valence-electron chi connectivity index (χ4n) is 9.75. The van der Waals surface area contributed by atoms with Gasteiger partial charge in [-0.25, -0.2) is 9.78 Å². The third-order valence-corrected chi connectivity index (χ3v) is 14.5. The zero-order valence-corrected chi connectivity index (χ0v) is 51.3. The first kappa shape index (κ1) is 74.9. The average Bonchev–Trinajstić information content (AvgIpc) is 1.60. The summed E-state index contributed by atoms with van der Waals surface area (Å²) in [6.45, 7) is 3.74. The number of nitrogens with zero attached hydrogens (tertiary/aromatic N) is 2. The van der Waals surface area contributed by atoms with Gasteiger partial charge in [-0.05, 0) is 67.2 Å². The number of primary amides is 1. The molecule has 0 saturated carbocycles. The van der Waals surface area contributed by atoms with Gasteiger partial charge in [-0.2, -0.15) is 0 Å². The number of carbonyl (C=O) groups is 13. The highest BCUT2D eigenvalue weighted by molar-refractivity contribution is 6.00. The number of rotatable bonds is 38. The van der Waals surface area contributed by atoms with Crippen LogP contribution in [0.5, 0.6) is 5.75 Å². The van der Waals surface area contributed by atoms with Crippen LogP contribution in [-0.2, 0) is 81.6 Å². The van der Waals surface area contributed by atoms with Crippen molar-refractivity contribution in [2.45, 2.75) is 158 Å². The van der Waals surface area contributed by atoms with Gasteiger partial charge in [0.05, 0.1) is 38.6 Å². The number of H-pyrrole nitrogens is 1. The fourth-order valence-corrected chi connectivity index (χ4v) is 9.75. The molecule has 0 radical (unpaired) electrons. The molecule has 33 heteroatoms. The van der Waals surface area contributed by atoms with Crippen LogP contribution in [0.4, 0.5) is 0 Å². The minimum Gasteiger partial charge on any atom is -0.508 e. The molecule has 2 heterocycles. The van der Waals surface area contributed by atoms with E-state index in [0.29, 0.717) is 11.1 Å². The molecule has 0 unspecified atom stereocenters. The van der Waals surface area contributed by atoms with E-state index in [9.17, 15) is 93.0 Å². The van der Waals surface area contributed by atoms with E-state index in [1.807, 2.05) is 13.8 Å². The van der Waals surface area contributed by atoms with Crippen LogP contribution in [0.1, 0.15) is 89.5 Å². The number of benzene rings is 2. The number of nitrogens with one attached hydrogen (secondary N) is 10. The Morgan fingerprint density at radius 2 is 1.02 bits per heavy atom. The van der Waals surface area contributed by atoms with Crippen molar-refractivity contribution in [2.75, 3.05) is 26.4 Å². The number of likely N-dealkylation sites (tertiary alicyclic amines) is 1. The Morgan fingerprint density at radius 3 is 1.53 bits per heavy atom. The number of aliphatic hydroxyl groups excluding tert-OH is 3. The van der Waals surface area contributed by atoms with Crippen LogP contribution in [0.15, 0.2) is 67.1 Å². The SMILES string of the molecule is CC(C)C[C@H](NC(=O)[C@H](CC(N)=O)NC(=O)[C@H](CCC(=O)O)NC(=O)[C@H](Cc1ccccc1)NC(=O)[C@H](Cc1cnc[nH]1)NC(=O)[C@H](CO)NC(=O)[C@@H]1CCCN1C(=O)[C@H](CO)NC(=O)[C@H](CO)NC(=O)[C@H](Cc1ccc(O)cc1)NC(=O)[C@@H](N)CC(C)C)C(=O)O. The zero-order chi connectivity index (χ0) is 68.4. The molecule has 1 fully saturated rings. The molecule has 1 saturated heterocycles. The summed E-state index contributed by atoms with van der Waals surface area (Å²) in [5.41, 5.74) is 12.6. The molecular formula is C59H84N14O19. The molecule has 0 bridgehead atoms. The number of aromatic amines is 1. The number of carbonyl (C=O) groups excluding carboxylic acids is 11. The van der Waals surface area contributed by atoms with Crippen molar-refractivity contribution in [3.05, 3.63) is 83.9 Å². The third kappa shape index (κ3) is 24.3. The number of aromatic nitrogens is 2. The molecule has 1 aliphatic rings. The molecule has 11 atom stereocenters. The van der Waals surface area contributed by atoms with E-state index in [1.54, 1.807) is 44.2 Å². The van der Waals surface area contributed by atoms with Crippen LogP contribution < -0.4 is 59.3 Å². The summed E-state index contributed by atoms with van der Waals surface area (Å²) in [6, 6.07) is -3.79. The first-order valence-electron chi connectivity index (χ1n) is 29.7. The predicted octanol–water partition coefficient (Wildman–Crippen LogP) is -5.28. The van der Waals surface area contributed by atoms with Crippen LogP contribution >= 0.6 is 0 Å². The second kappa shape index (κ2) is 36.9. The van der Waals surface area contributed by atoms with Crippen molar-refractivity contribution < 1.29 is 93.0 Å². The van der Waals surface area contributed by atoms with Gasteiger partial charge in [0.15, 0.2) is 0 Å². The number of amides is 11. The zero-order valence-electron chi connectivity index (χ0n) is 51.3. The lowest BCUT2D eigenvalue weighted by atomic mass is 10.0. The Kier molecular flexibility index (Phi) is 30.0. The first-order valence-corrected chi connectivity index (χ1v) is 29.7. The summed E-state index contributed by atoms with van der Waals surface area (Å²) in [6.07, 6.45) is -0.121. The van der Waals surface area contributed by atoms with Gasteiger partial charge in [0.1, 0.15) is 66.2 Å². The smallest absolute Gasteiger partial charge is 0.326 e. The van der Waals surface area contributed by atoms with Crippen molar-refractivity contribution in [1.82, 2.24) is 62.7 Å². The molecule has 1 aliphatic heterocycles. The fraction of sp³-hybridized carbons (Fsp3) is 0.525. The number of phenolic OH excluding ortho intramolecular Hbond substituents is 1. The number of carboxylic acids is 2. The first-order chi connectivity index (χ1) is 43.5. The largest absolute Gasteiger partial charge is 0.508 e. The molecule has 92 heavy (non-hydrogen) atoms. The highest BCUT2D eigenvalue weighted by Crippen LogP contribution is 2.20. The summed E-state index contributed by atoms with van der Waals surface area (Å²) in [7, 11) is 0. The number of aliphatic carboxylic acids is 2. The molecule has 3 aromatic rings. The van der Waals surface area contributed by atoms with E-state index in [2.05, 4.69) is 57.8 Å². The summed E-state index contributed by atoms with van der Waals surface area (Å²) < 4.78 is 0. The maximum absolute atomic E-state index is 14.5. The molecular weight excluding hydrogens is 1210 g/mol. The maximum Gasteiger partial charge on any atom is 0.326 e. The van der Waals surface area contributed by atoms with Crippen molar-refractivity contribution >= 4 is 76.9 Å². The normalized spacial score (nSPS) is 16.1. The molecule has 4 rings (SSSR count). The average molecular weight is 1290 g/mol. The number of hydrogen-bond donors (Lipinski definition) is 18. The maximum atomic E-state index is 14.5. The number of nitrogens with two attached hydrogens (primary N) is 2. The Bertz CT molecular complexity index is 3030. The van der Waals surface area contributed by atoms with E-state index >= 15 is 0 Å². The number of phenols is 1. The summed E-state index contributed by atoms with van der Waals surface area (Å²) in [4.78, 5) is 182. The molecule has 0 spiro atoms. The Morgan fingerprint density at radius 1 is 0.565 bits per heavy atom. The highest BCUT2D eigenvalue weighted by atomic mass is 16.4. The lowest BCUT2D eigenvalue weighted by molar-refractivity contribution is -0.143. The van der Waals surface area contributed by atoms with E-state index < -0.39 is 182 Å². The van der Waals surface area contributed by atoms with Crippen molar-refractivity contribution in [1.29, 1.82) is 0 Å². The summed E-state index contributed by atoms with van der Waals surface area (Å²) in [5.74, 6) is -14.7. The Balaban J connectivity index is 1.52. The molecule has 2 aromatic carbocycles. The van der Waals surface area contributed by atoms with Gasteiger partial charge in [0.25, 0.3) is 0 Å². The second-order valence-corrected chi connectivity index (χ2v) is 22.9. The van der Waals surface area contributed by atoms with Crippen LogP contribution in [-0.4, -0.2) is 215 Å². The number of hydrogen-bond acceptors (Lipinski definition) is 19. The molecule has 20 N–H and O–H groups in total. The van der Waals surface area contributed by atoms with Gasteiger partial charge >= 0.3 is 11.9 Å². The third-order valence-electron chi connectivity index (χ3n) is 14.5. The molecule has 11 amide bonds. The standard InChI is InChI=1S/C59H84N14O19/c1-30(2)19-36(60)49(81)65-38(22-33-12-14-35(77)15-13-33)52(84)70-43(26-74)56(88)72-45(28-76)58(90)73-18-8-11-46(73)57(89)71-44(27-75)55(87)67-40(23-34-25-62-29-63-34)53(85)66-39(21-32-9-6-5-7-10-32)51(83)64-37(16-17-48(79)80)50(82)68-41(24-47(61)78)54(86)69-42(59(91)92)20-31(3)4/h5-7,9-10,12-15,25,29-31,36-46,74-77H,8,11,16-24,26-28,60H2,1-4H3,(H2,61,78)(H,62,63)(H,64,83)(H,65,81)(H,66,85)(H,67,87)(H,68,82)(H,69,86)(H,70,84)(H,71,89)(H,72,88)(H,79,80)(H,91,92)/t36-,37-,38-,39-,40-,41-,42-,43-,44-,45-,46-/m0/s1. The minimum absolute atomic E-state index is 0.0117. The molecule has 0 aliphatic carbocycles. The quantitative estimate of drug-likeness (QED) is 0.0255. The van der Waals surface area contributed by atoms with Gasteiger partial charge in [-0.1, -0.05) is 70.2 Å². The summed E-state index contributed by atoms with van der Waals surface area (Å²) >= 11 is 0. The number of carboxylic acid groups (broad SMARTS) is 2. The van der Waals surface area contributed by atoms with Gasteiger partial charge in [-0.15, -0.1) is 0 Å². The van der Waals surface area contributed by atoms with E-state index in [-0.39, 0.29) is 74.8 Å². The number of aromatic hydroxyl groups is 1. The lowest BCUT2D eigenvalue weighted by Gasteiger charge is -2.30. The molecule has 33 nitrogen and oxygen atoms in total. The van der Waals surface area contributed by atoms with Gasteiger partial charge < -0.3 is 99.8 Å². The Hall–Kier alpha value is -9.60. The van der Waals surface area contributed by atoms with Gasteiger partial charge in [-0.3, -0.25) is 57.5 Å². The topological polar surface area (TPSA) is 536 Å². The van der Waals surface area contributed by atoms with Gasteiger partial charge in [0, 0.05) is 44.1 Å². The van der Waals surface area contributed by atoms with Crippen molar-refractivity contribution in [2.24, 2.45) is 23.3 Å².